The minimum atomic E-state index is 0. The van der Waals surface area contributed by atoms with Crippen LogP contribution in [0.5, 0.6) is 0 Å². The van der Waals surface area contributed by atoms with E-state index < -0.39 is 0 Å². The molecule has 0 bridgehead atoms. The van der Waals surface area contributed by atoms with Gasteiger partial charge in [-0.25, -0.2) is 0 Å². The molecule has 0 aromatic heterocycles. The SMILES string of the molecule is Cc1ccccc1.[Gd]. The van der Waals surface area contributed by atoms with Gasteiger partial charge < -0.3 is 0 Å². The fraction of sp³-hybridized carbons (Fsp3) is 0.143. The maximum atomic E-state index is 2.08. The second-order valence-corrected chi connectivity index (χ2v) is 1.65. The van der Waals surface area contributed by atoms with Crippen molar-refractivity contribution in [3.63, 3.8) is 0 Å². The zero-order chi connectivity index (χ0) is 5.11. The smallest absolute Gasteiger partial charge is 0 e. The number of rotatable bonds is 0. The summed E-state index contributed by atoms with van der Waals surface area (Å²) in [5.41, 5.74) is 1.32. The van der Waals surface area contributed by atoms with Crippen molar-refractivity contribution in [2.45, 2.75) is 6.92 Å². The molecular formula is C7H8Gd. The van der Waals surface area contributed by atoms with Gasteiger partial charge in [0.15, 0.2) is 0 Å². The summed E-state index contributed by atoms with van der Waals surface area (Å²) < 4.78 is 0. The van der Waals surface area contributed by atoms with Crippen molar-refractivity contribution < 1.29 is 39.9 Å². The van der Waals surface area contributed by atoms with Gasteiger partial charge in [-0.15, -0.1) is 0 Å². The van der Waals surface area contributed by atoms with E-state index in [1.165, 1.54) is 5.56 Å². The van der Waals surface area contributed by atoms with Crippen molar-refractivity contribution in [2.24, 2.45) is 0 Å². The molecule has 0 radical (unpaired) electrons. The topological polar surface area (TPSA) is 0 Å². The van der Waals surface area contributed by atoms with Crippen LogP contribution in [-0.2, 0) is 0 Å². The van der Waals surface area contributed by atoms with Crippen LogP contribution in [0.1, 0.15) is 5.56 Å². The minimum absolute atomic E-state index is 0. The van der Waals surface area contributed by atoms with Gasteiger partial charge in [-0.3, -0.25) is 0 Å². The van der Waals surface area contributed by atoms with Crippen molar-refractivity contribution in [3.05, 3.63) is 35.9 Å². The molecule has 0 aliphatic rings. The van der Waals surface area contributed by atoms with E-state index in [1.807, 2.05) is 18.2 Å². The van der Waals surface area contributed by atoms with Gasteiger partial charge in [-0.1, -0.05) is 35.9 Å². The first-order valence-electron chi connectivity index (χ1n) is 2.41. The third-order valence-electron chi connectivity index (χ3n) is 0.940. The first kappa shape index (κ1) is 8.54. The standard InChI is InChI=1S/C7H8.Gd/c1-7-5-3-2-4-6-7;/h2-6H,1H3;. The van der Waals surface area contributed by atoms with Crippen LogP contribution in [0, 0.1) is 46.9 Å². The first-order valence-corrected chi connectivity index (χ1v) is 2.41. The van der Waals surface area contributed by atoms with Gasteiger partial charge in [0.2, 0.25) is 0 Å². The van der Waals surface area contributed by atoms with Crippen LogP contribution in [0.3, 0.4) is 0 Å². The summed E-state index contributed by atoms with van der Waals surface area (Å²) in [6, 6.07) is 10.3. The summed E-state index contributed by atoms with van der Waals surface area (Å²) in [5.74, 6) is 0. The van der Waals surface area contributed by atoms with Crippen LogP contribution < -0.4 is 0 Å². The van der Waals surface area contributed by atoms with Gasteiger partial charge in [-0.05, 0) is 6.92 Å². The van der Waals surface area contributed by atoms with E-state index in [0.717, 1.165) is 0 Å². The Morgan fingerprint density at radius 2 is 1.50 bits per heavy atom. The van der Waals surface area contributed by atoms with Gasteiger partial charge in [0.1, 0.15) is 0 Å². The second-order valence-electron chi connectivity index (χ2n) is 1.65. The summed E-state index contributed by atoms with van der Waals surface area (Å²) in [7, 11) is 0. The van der Waals surface area contributed by atoms with E-state index in [2.05, 4.69) is 19.1 Å². The van der Waals surface area contributed by atoms with E-state index in [0.29, 0.717) is 0 Å². The molecule has 0 heterocycles. The molecule has 0 amide bonds. The largest absolute Gasteiger partial charge is 0.0622 e. The third kappa shape index (κ3) is 2.76. The summed E-state index contributed by atoms with van der Waals surface area (Å²) in [6.07, 6.45) is 0. The monoisotopic (exact) mass is 250 g/mol. The number of hydrogen-bond donors (Lipinski definition) is 0. The third-order valence-corrected chi connectivity index (χ3v) is 0.940. The average Bonchev–Trinajstić information content (AvgIpc) is 1.69. The molecule has 0 aliphatic carbocycles. The molecule has 0 spiro atoms. The summed E-state index contributed by atoms with van der Waals surface area (Å²) in [4.78, 5) is 0. The Bertz CT molecular complexity index is 134. The van der Waals surface area contributed by atoms with Crippen LogP contribution in [0.4, 0.5) is 0 Å². The van der Waals surface area contributed by atoms with Gasteiger partial charge in [-0.2, -0.15) is 0 Å². The molecule has 0 atom stereocenters. The average molecular weight is 249 g/mol. The Labute approximate surface area is 82.0 Å². The van der Waals surface area contributed by atoms with E-state index in [4.69, 9.17) is 0 Å². The van der Waals surface area contributed by atoms with Crippen molar-refractivity contribution in [2.75, 3.05) is 0 Å². The van der Waals surface area contributed by atoms with E-state index in [1.54, 1.807) is 0 Å². The van der Waals surface area contributed by atoms with Gasteiger partial charge >= 0.3 is 0 Å². The van der Waals surface area contributed by atoms with E-state index in [-0.39, 0.29) is 39.9 Å². The fourth-order valence-corrected chi connectivity index (χ4v) is 0.534. The molecule has 0 saturated carbocycles. The van der Waals surface area contributed by atoms with Crippen LogP contribution in [0.25, 0.3) is 0 Å². The predicted molar refractivity (Wildman–Crippen MR) is 31.2 cm³/mol. The first-order chi connectivity index (χ1) is 3.39. The Hall–Kier alpha value is 0.545. The maximum Gasteiger partial charge on any atom is 0 e. The van der Waals surface area contributed by atoms with E-state index in [9.17, 15) is 0 Å². The predicted octanol–water partition coefficient (Wildman–Crippen LogP) is 2.00. The number of benzene rings is 1. The zero-order valence-corrected chi connectivity index (χ0v) is 7.01. The van der Waals surface area contributed by atoms with Gasteiger partial charge in [0.05, 0.1) is 0 Å². The van der Waals surface area contributed by atoms with Crippen LogP contribution in [0.2, 0.25) is 0 Å². The summed E-state index contributed by atoms with van der Waals surface area (Å²) >= 11 is 0. The Morgan fingerprint density at radius 3 is 1.75 bits per heavy atom. The molecule has 0 aliphatic heterocycles. The Morgan fingerprint density at radius 1 is 1.00 bits per heavy atom. The van der Waals surface area contributed by atoms with Crippen LogP contribution in [-0.4, -0.2) is 0 Å². The summed E-state index contributed by atoms with van der Waals surface area (Å²) in [5, 5.41) is 0. The van der Waals surface area contributed by atoms with Crippen molar-refractivity contribution in [3.8, 4) is 0 Å². The zero-order valence-electron chi connectivity index (χ0n) is 4.74. The molecule has 8 heavy (non-hydrogen) atoms. The van der Waals surface area contributed by atoms with Crippen molar-refractivity contribution in [1.82, 2.24) is 0 Å². The molecule has 1 aromatic carbocycles. The van der Waals surface area contributed by atoms with Crippen LogP contribution in [0.15, 0.2) is 30.3 Å². The molecule has 0 saturated heterocycles. The number of hydrogen-bond acceptors (Lipinski definition) is 0. The maximum absolute atomic E-state index is 2.08. The van der Waals surface area contributed by atoms with Crippen LogP contribution >= 0.6 is 0 Å². The minimum Gasteiger partial charge on any atom is -0.0622 e. The molecule has 0 nitrogen and oxygen atoms in total. The molecular weight excluding hydrogens is 241 g/mol. The number of aryl methyl sites for hydroxylation is 1. The Balaban J connectivity index is 0.000000490. The van der Waals surface area contributed by atoms with Crippen molar-refractivity contribution in [1.29, 1.82) is 0 Å². The molecule has 0 fully saturated rings. The molecule has 44 valence electrons. The molecule has 1 aromatic rings. The second kappa shape index (κ2) is 4.43. The normalized spacial score (nSPS) is 7.62. The molecule has 1 rings (SSSR count). The molecule has 0 unspecified atom stereocenters. The molecule has 1 heteroatoms. The Kier molecular flexibility index (Phi) is 4.73. The van der Waals surface area contributed by atoms with Gasteiger partial charge in [0.25, 0.3) is 0 Å². The van der Waals surface area contributed by atoms with E-state index >= 15 is 0 Å². The summed E-state index contributed by atoms with van der Waals surface area (Å²) in [6.45, 7) is 2.08. The van der Waals surface area contributed by atoms with Gasteiger partial charge in [0, 0.05) is 39.9 Å². The quantitative estimate of drug-likeness (QED) is 0.660. The van der Waals surface area contributed by atoms with Crippen molar-refractivity contribution >= 4 is 0 Å². The molecule has 0 N–H and O–H groups in total. The fourth-order valence-electron chi connectivity index (χ4n) is 0.534.